The number of H-pyrrole nitrogens is 1. The number of nitrogens with two attached hydrogens (primary N) is 1. The van der Waals surface area contributed by atoms with Crippen molar-refractivity contribution in [3.63, 3.8) is 0 Å². The molecule has 0 unspecified atom stereocenters. The summed E-state index contributed by atoms with van der Waals surface area (Å²) in [5.41, 5.74) is 5.39. The van der Waals surface area contributed by atoms with E-state index in [9.17, 15) is 4.79 Å². The van der Waals surface area contributed by atoms with Crippen LogP contribution in [0, 0.1) is 0 Å². The van der Waals surface area contributed by atoms with Crippen molar-refractivity contribution >= 4 is 5.82 Å². The van der Waals surface area contributed by atoms with Gasteiger partial charge in [-0.2, -0.15) is 0 Å². The molecule has 0 radical (unpaired) electrons. The van der Waals surface area contributed by atoms with E-state index in [1.165, 1.54) is 0 Å². The first kappa shape index (κ1) is 12.7. The number of anilines is 1. The Morgan fingerprint density at radius 1 is 1.50 bits per heavy atom. The maximum absolute atomic E-state index is 11.4. The average molecular weight is 224 g/mol. The van der Waals surface area contributed by atoms with Crippen molar-refractivity contribution in [2.24, 2.45) is 5.73 Å². The van der Waals surface area contributed by atoms with E-state index >= 15 is 0 Å². The van der Waals surface area contributed by atoms with Gasteiger partial charge in [0.05, 0.1) is 0 Å². The quantitative estimate of drug-likeness (QED) is 0.738. The number of rotatable bonds is 6. The van der Waals surface area contributed by atoms with Gasteiger partial charge in [0, 0.05) is 25.6 Å². The predicted octanol–water partition coefficient (Wildman–Crippen LogP) is 0.507. The van der Waals surface area contributed by atoms with E-state index in [2.05, 4.69) is 14.9 Å². The van der Waals surface area contributed by atoms with E-state index in [0.29, 0.717) is 6.54 Å². The minimum atomic E-state index is -0.0898. The molecular weight excluding hydrogens is 204 g/mol. The molecule has 0 aromatic carbocycles. The highest BCUT2D eigenvalue weighted by atomic mass is 16.1. The number of aryl methyl sites for hydroxylation is 1. The summed E-state index contributed by atoms with van der Waals surface area (Å²) >= 11 is 0. The smallest absolute Gasteiger partial charge is 0.252 e. The van der Waals surface area contributed by atoms with Gasteiger partial charge in [0.25, 0.3) is 5.56 Å². The van der Waals surface area contributed by atoms with Gasteiger partial charge in [-0.25, -0.2) is 4.98 Å². The van der Waals surface area contributed by atoms with Gasteiger partial charge in [-0.1, -0.05) is 6.92 Å². The number of nitrogens with zero attached hydrogens (tertiary/aromatic N) is 2. The van der Waals surface area contributed by atoms with Crippen LogP contribution in [0.5, 0.6) is 0 Å². The predicted molar refractivity (Wildman–Crippen MR) is 65.8 cm³/mol. The highest BCUT2D eigenvalue weighted by molar-refractivity contribution is 5.37. The summed E-state index contributed by atoms with van der Waals surface area (Å²) in [6.07, 6.45) is 1.64. The van der Waals surface area contributed by atoms with E-state index in [-0.39, 0.29) is 5.56 Å². The summed E-state index contributed by atoms with van der Waals surface area (Å²) in [5, 5.41) is 0. The Bertz CT molecular complexity index is 374. The molecule has 0 bridgehead atoms. The van der Waals surface area contributed by atoms with Crippen LogP contribution in [0.2, 0.25) is 0 Å². The van der Waals surface area contributed by atoms with Crippen molar-refractivity contribution in [2.45, 2.75) is 26.7 Å². The molecule has 1 aromatic heterocycles. The third-order valence-corrected chi connectivity index (χ3v) is 2.45. The largest absolute Gasteiger partial charge is 0.357 e. The molecule has 1 aromatic rings. The molecule has 0 aliphatic heterocycles. The highest BCUT2D eigenvalue weighted by Crippen LogP contribution is 2.08. The summed E-state index contributed by atoms with van der Waals surface area (Å²) in [5.74, 6) is 1.48. The van der Waals surface area contributed by atoms with Crippen LogP contribution in [0.15, 0.2) is 10.9 Å². The fourth-order valence-corrected chi connectivity index (χ4v) is 1.54. The van der Waals surface area contributed by atoms with Gasteiger partial charge < -0.3 is 15.6 Å². The lowest BCUT2D eigenvalue weighted by molar-refractivity contribution is 0.736. The van der Waals surface area contributed by atoms with E-state index < -0.39 is 0 Å². The van der Waals surface area contributed by atoms with Crippen LogP contribution in [-0.2, 0) is 6.42 Å². The van der Waals surface area contributed by atoms with Crippen molar-refractivity contribution in [3.8, 4) is 0 Å². The fourth-order valence-electron chi connectivity index (χ4n) is 1.54. The van der Waals surface area contributed by atoms with Crippen molar-refractivity contribution < 1.29 is 0 Å². The standard InChI is InChI=1S/C11H20N4O/c1-3-9-13-10(8-11(16)14-9)15(4-2)7-5-6-12/h8H,3-7,12H2,1-2H3,(H,13,14,16). The van der Waals surface area contributed by atoms with Gasteiger partial charge >= 0.3 is 0 Å². The molecule has 0 aliphatic carbocycles. The lowest BCUT2D eigenvalue weighted by atomic mass is 10.3. The first-order valence-corrected chi connectivity index (χ1v) is 5.76. The minimum absolute atomic E-state index is 0.0898. The Hall–Kier alpha value is -1.36. The summed E-state index contributed by atoms with van der Waals surface area (Å²) in [4.78, 5) is 20.6. The number of aromatic nitrogens is 2. The summed E-state index contributed by atoms with van der Waals surface area (Å²) in [7, 11) is 0. The second-order valence-electron chi connectivity index (χ2n) is 3.63. The number of hydrogen-bond acceptors (Lipinski definition) is 4. The highest BCUT2D eigenvalue weighted by Gasteiger charge is 2.07. The monoisotopic (exact) mass is 224 g/mol. The molecular formula is C11H20N4O. The van der Waals surface area contributed by atoms with Crippen LogP contribution >= 0.6 is 0 Å². The van der Waals surface area contributed by atoms with Crippen molar-refractivity contribution in [2.75, 3.05) is 24.5 Å². The van der Waals surface area contributed by atoms with Gasteiger partial charge in [0.2, 0.25) is 0 Å². The molecule has 0 fully saturated rings. The van der Waals surface area contributed by atoms with Gasteiger partial charge in [-0.15, -0.1) is 0 Å². The molecule has 0 saturated carbocycles. The molecule has 1 heterocycles. The average Bonchev–Trinajstić information content (AvgIpc) is 2.29. The molecule has 0 aliphatic rings. The first-order chi connectivity index (χ1) is 7.71. The van der Waals surface area contributed by atoms with Crippen molar-refractivity contribution in [1.29, 1.82) is 0 Å². The van der Waals surface area contributed by atoms with Crippen LogP contribution in [0.25, 0.3) is 0 Å². The van der Waals surface area contributed by atoms with Gasteiger partial charge in [-0.05, 0) is 19.9 Å². The maximum atomic E-state index is 11.4. The van der Waals surface area contributed by atoms with Crippen molar-refractivity contribution in [1.82, 2.24) is 9.97 Å². The molecule has 16 heavy (non-hydrogen) atoms. The Labute approximate surface area is 95.7 Å². The van der Waals surface area contributed by atoms with Crippen LogP contribution in [0.3, 0.4) is 0 Å². The third-order valence-electron chi connectivity index (χ3n) is 2.45. The molecule has 0 spiro atoms. The fraction of sp³-hybridized carbons (Fsp3) is 0.636. The van der Waals surface area contributed by atoms with Crippen LogP contribution in [0.1, 0.15) is 26.1 Å². The number of hydrogen-bond donors (Lipinski definition) is 2. The van der Waals surface area contributed by atoms with Crippen LogP contribution < -0.4 is 16.2 Å². The second kappa shape index (κ2) is 6.27. The third kappa shape index (κ3) is 3.34. The van der Waals surface area contributed by atoms with Crippen molar-refractivity contribution in [3.05, 3.63) is 22.2 Å². The zero-order chi connectivity index (χ0) is 12.0. The minimum Gasteiger partial charge on any atom is -0.357 e. The normalized spacial score (nSPS) is 10.4. The lowest BCUT2D eigenvalue weighted by Gasteiger charge is -2.21. The zero-order valence-corrected chi connectivity index (χ0v) is 9.99. The maximum Gasteiger partial charge on any atom is 0.252 e. The molecule has 0 atom stereocenters. The molecule has 5 heteroatoms. The van der Waals surface area contributed by atoms with E-state index in [1.54, 1.807) is 6.07 Å². The van der Waals surface area contributed by atoms with Crippen LogP contribution in [-0.4, -0.2) is 29.6 Å². The summed E-state index contributed by atoms with van der Waals surface area (Å²) in [6, 6.07) is 1.54. The molecule has 5 nitrogen and oxygen atoms in total. The van der Waals surface area contributed by atoms with Gasteiger partial charge in [0.1, 0.15) is 11.6 Å². The van der Waals surface area contributed by atoms with E-state index in [4.69, 9.17) is 5.73 Å². The number of nitrogens with one attached hydrogen (secondary N) is 1. The van der Waals surface area contributed by atoms with E-state index in [1.807, 2.05) is 13.8 Å². The van der Waals surface area contributed by atoms with Gasteiger partial charge in [-0.3, -0.25) is 4.79 Å². The Kier molecular flexibility index (Phi) is 4.98. The summed E-state index contributed by atoms with van der Waals surface area (Å²) in [6.45, 7) is 6.34. The lowest BCUT2D eigenvalue weighted by Crippen LogP contribution is -2.28. The molecule has 3 N–H and O–H groups in total. The Morgan fingerprint density at radius 3 is 2.81 bits per heavy atom. The first-order valence-electron chi connectivity index (χ1n) is 5.76. The number of aromatic amines is 1. The second-order valence-corrected chi connectivity index (χ2v) is 3.63. The topological polar surface area (TPSA) is 75.0 Å². The SMILES string of the molecule is CCc1nc(N(CC)CCCN)cc(=O)[nH]1. The molecule has 0 saturated heterocycles. The van der Waals surface area contributed by atoms with Gasteiger partial charge in [0.15, 0.2) is 0 Å². The summed E-state index contributed by atoms with van der Waals surface area (Å²) < 4.78 is 0. The Morgan fingerprint density at radius 2 is 2.25 bits per heavy atom. The Balaban J connectivity index is 2.90. The zero-order valence-electron chi connectivity index (χ0n) is 9.99. The molecule has 1 rings (SSSR count). The molecule has 0 amide bonds. The molecule has 90 valence electrons. The van der Waals surface area contributed by atoms with E-state index in [0.717, 1.165) is 37.6 Å². The van der Waals surface area contributed by atoms with Crippen LogP contribution in [0.4, 0.5) is 5.82 Å².